The standard InChI is InChI=1S/C12H20OS2/c1-3-5-11(13)7-6-10(2)12-14-8-4-9-15-12/h3,11,13H,1,4-9H2,2H3/t11-/m0/s1. The van der Waals surface area contributed by atoms with Gasteiger partial charge in [-0.05, 0) is 44.1 Å². The molecule has 0 radical (unpaired) electrons. The summed E-state index contributed by atoms with van der Waals surface area (Å²) in [5.41, 5.74) is 1.45. The average Bonchev–Trinajstić information content (AvgIpc) is 2.27. The van der Waals surface area contributed by atoms with Gasteiger partial charge in [0.1, 0.15) is 0 Å². The molecule has 1 aliphatic heterocycles. The van der Waals surface area contributed by atoms with Gasteiger partial charge in [-0.25, -0.2) is 0 Å². The van der Waals surface area contributed by atoms with Crippen molar-refractivity contribution >= 4 is 23.5 Å². The van der Waals surface area contributed by atoms with Gasteiger partial charge in [-0.3, -0.25) is 0 Å². The Labute approximate surface area is 101 Å². The molecule has 86 valence electrons. The van der Waals surface area contributed by atoms with Gasteiger partial charge in [0.05, 0.1) is 6.10 Å². The fourth-order valence-corrected chi connectivity index (χ4v) is 4.13. The monoisotopic (exact) mass is 244 g/mol. The summed E-state index contributed by atoms with van der Waals surface area (Å²) in [7, 11) is 0. The molecule has 0 bridgehead atoms. The molecular formula is C12H20OS2. The van der Waals surface area contributed by atoms with Gasteiger partial charge in [0.25, 0.3) is 0 Å². The van der Waals surface area contributed by atoms with Crippen LogP contribution < -0.4 is 0 Å². The van der Waals surface area contributed by atoms with E-state index < -0.39 is 0 Å². The molecular weight excluding hydrogens is 224 g/mol. The van der Waals surface area contributed by atoms with Crippen molar-refractivity contribution in [1.29, 1.82) is 0 Å². The minimum absolute atomic E-state index is 0.211. The van der Waals surface area contributed by atoms with Crippen LogP contribution in [-0.2, 0) is 0 Å². The summed E-state index contributed by atoms with van der Waals surface area (Å²) in [6.45, 7) is 5.83. The Morgan fingerprint density at radius 2 is 2.20 bits per heavy atom. The Morgan fingerprint density at radius 1 is 1.53 bits per heavy atom. The second-order valence-corrected chi connectivity index (χ2v) is 6.30. The maximum absolute atomic E-state index is 9.59. The molecule has 1 saturated heterocycles. The molecule has 0 aliphatic carbocycles. The molecule has 3 heteroatoms. The summed E-state index contributed by atoms with van der Waals surface area (Å²) in [6, 6.07) is 0. The molecule has 1 rings (SSSR count). The molecule has 1 heterocycles. The van der Waals surface area contributed by atoms with E-state index >= 15 is 0 Å². The number of aliphatic hydroxyl groups excluding tert-OH is 1. The molecule has 1 fully saturated rings. The third-order valence-electron chi connectivity index (χ3n) is 2.39. The summed E-state index contributed by atoms with van der Waals surface area (Å²) in [6.07, 6.45) is 5.50. The quantitative estimate of drug-likeness (QED) is 0.743. The molecule has 1 nitrogen and oxygen atoms in total. The number of thioether (sulfide) groups is 2. The van der Waals surface area contributed by atoms with E-state index in [0.717, 1.165) is 12.8 Å². The highest BCUT2D eigenvalue weighted by molar-refractivity contribution is 8.22. The summed E-state index contributed by atoms with van der Waals surface area (Å²) < 4.78 is 1.49. The van der Waals surface area contributed by atoms with Gasteiger partial charge < -0.3 is 5.11 Å². The van der Waals surface area contributed by atoms with Crippen molar-refractivity contribution in [2.24, 2.45) is 0 Å². The lowest BCUT2D eigenvalue weighted by Crippen LogP contribution is -2.05. The van der Waals surface area contributed by atoms with Crippen molar-refractivity contribution in [3.05, 3.63) is 22.5 Å². The highest BCUT2D eigenvalue weighted by atomic mass is 32.2. The third kappa shape index (κ3) is 5.14. The normalized spacial score (nSPS) is 18.7. The molecule has 0 saturated carbocycles. The third-order valence-corrected chi connectivity index (χ3v) is 5.31. The maximum Gasteiger partial charge on any atom is 0.0577 e. The molecule has 1 aliphatic rings. The van der Waals surface area contributed by atoms with Crippen LogP contribution in [0, 0.1) is 0 Å². The second-order valence-electron chi connectivity index (χ2n) is 3.84. The van der Waals surface area contributed by atoms with Gasteiger partial charge in [0.2, 0.25) is 0 Å². The van der Waals surface area contributed by atoms with Crippen LogP contribution >= 0.6 is 23.5 Å². The molecule has 0 aromatic heterocycles. The zero-order chi connectivity index (χ0) is 11.1. The van der Waals surface area contributed by atoms with Crippen molar-refractivity contribution in [1.82, 2.24) is 0 Å². The summed E-state index contributed by atoms with van der Waals surface area (Å²) in [5, 5.41) is 9.59. The van der Waals surface area contributed by atoms with Crippen LogP contribution in [0.5, 0.6) is 0 Å². The SMILES string of the molecule is C=CC[C@H](O)CCC(C)=C1SCCCS1. The number of hydrogen-bond donors (Lipinski definition) is 1. The van der Waals surface area contributed by atoms with Crippen molar-refractivity contribution in [3.63, 3.8) is 0 Å². The number of hydrogen-bond acceptors (Lipinski definition) is 3. The molecule has 1 N–H and O–H groups in total. The van der Waals surface area contributed by atoms with Crippen molar-refractivity contribution in [2.45, 2.75) is 38.7 Å². The Hall–Kier alpha value is 0.140. The van der Waals surface area contributed by atoms with Gasteiger partial charge in [-0.1, -0.05) is 11.6 Å². The van der Waals surface area contributed by atoms with E-state index in [1.165, 1.54) is 27.7 Å². The van der Waals surface area contributed by atoms with Crippen molar-refractivity contribution in [3.8, 4) is 0 Å². The Bertz CT molecular complexity index is 228. The molecule has 1 atom stereocenters. The van der Waals surface area contributed by atoms with E-state index in [4.69, 9.17) is 0 Å². The summed E-state index contributed by atoms with van der Waals surface area (Å²) in [5.74, 6) is 2.52. The maximum atomic E-state index is 9.59. The second kappa shape index (κ2) is 7.42. The van der Waals surface area contributed by atoms with E-state index in [1.807, 2.05) is 23.5 Å². The van der Waals surface area contributed by atoms with Crippen LogP contribution in [-0.4, -0.2) is 22.7 Å². The Morgan fingerprint density at radius 3 is 2.80 bits per heavy atom. The Balaban J connectivity index is 2.32. The topological polar surface area (TPSA) is 20.2 Å². The Kier molecular flexibility index (Phi) is 6.53. The van der Waals surface area contributed by atoms with Crippen LogP contribution in [0.3, 0.4) is 0 Å². The van der Waals surface area contributed by atoms with Crippen LogP contribution in [0.25, 0.3) is 0 Å². The van der Waals surface area contributed by atoms with Crippen molar-refractivity contribution < 1.29 is 5.11 Å². The zero-order valence-corrected chi connectivity index (χ0v) is 11.0. The van der Waals surface area contributed by atoms with Crippen molar-refractivity contribution in [2.75, 3.05) is 11.5 Å². The number of rotatable bonds is 5. The van der Waals surface area contributed by atoms with E-state index in [9.17, 15) is 5.11 Å². The van der Waals surface area contributed by atoms with Crippen LogP contribution in [0.2, 0.25) is 0 Å². The zero-order valence-electron chi connectivity index (χ0n) is 9.37. The fraction of sp³-hybridized carbons (Fsp3) is 0.667. The van der Waals surface area contributed by atoms with E-state index in [0.29, 0.717) is 6.42 Å². The first-order valence-electron chi connectivity index (χ1n) is 5.48. The smallest absolute Gasteiger partial charge is 0.0577 e. The molecule has 0 aromatic rings. The van der Waals surface area contributed by atoms with Crippen LogP contribution in [0.15, 0.2) is 22.5 Å². The van der Waals surface area contributed by atoms with Gasteiger partial charge in [-0.15, -0.1) is 30.1 Å². The summed E-state index contributed by atoms with van der Waals surface area (Å²) >= 11 is 3.95. The van der Waals surface area contributed by atoms with Crippen LogP contribution in [0.4, 0.5) is 0 Å². The summed E-state index contributed by atoms with van der Waals surface area (Å²) in [4.78, 5) is 0. The highest BCUT2D eigenvalue weighted by Gasteiger charge is 2.10. The number of aliphatic hydroxyl groups is 1. The predicted molar refractivity (Wildman–Crippen MR) is 72.3 cm³/mol. The fourth-order valence-electron chi connectivity index (χ4n) is 1.47. The van der Waals surface area contributed by atoms with Gasteiger partial charge in [-0.2, -0.15) is 0 Å². The van der Waals surface area contributed by atoms with E-state index in [2.05, 4.69) is 13.5 Å². The van der Waals surface area contributed by atoms with E-state index in [-0.39, 0.29) is 6.10 Å². The predicted octanol–water partition coefficient (Wildman–Crippen LogP) is 3.81. The van der Waals surface area contributed by atoms with Crippen LogP contribution in [0.1, 0.15) is 32.6 Å². The van der Waals surface area contributed by atoms with Gasteiger partial charge >= 0.3 is 0 Å². The first kappa shape index (κ1) is 13.2. The van der Waals surface area contributed by atoms with E-state index in [1.54, 1.807) is 6.08 Å². The first-order chi connectivity index (χ1) is 7.24. The highest BCUT2D eigenvalue weighted by Crippen LogP contribution is 2.38. The lowest BCUT2D eigenvalue weighted by molar-refractivity contribution is 0.168. The number of allylic oxidation sites excluding steroid dienone is 1. The average molecular weight is 244 g/mol. The molecule has 0 amide bonds. The van der Waals surface area contributed by atoms with Gasteiger partial charge in [0.15, 0.2) is 0 Å². The lowest BCUT2D eigenvalue weighted by Gasteiger charge is -2.16. The lowest BCUT2D eigenvalue weighted by atomic mass is 10.1. The molecule has 0 unspecified atom stereocenters. The molecule has 0 spiro atoms. The molecule has 15 heavy (non-hydrogen) atoms. The largest absolute Gasteiger partial charge is 0.393 e. The minimum Gasteiger partial charge on any atom is -0.393 e. The first-order valence-corrected chi connectivity index (χ1v) is 7.45. The molecule has 0 aromatic carbocycles. The minimum atomic E-state index is -0.211. The van der Waals surface area contributed by atoms with Gasteiger partial charge in [0, 0.05) is 4.24 Å².